The van der Waals surface area contributed by atoms with Gasteiger partial charge < -0.3 is 15.2 Å². The maximum absolute atomic E-state index is 5.96. The minimum Gasteiger partial charge on any atom is -0.489 e. The van der Waals surface area contributed by atoms with Crippen LogP contribution < -0.4 is 15.2 Å². The molecule has 0 amide bonds. The van der Waals surface area contributed by atoms with Gasteiger partial charge in [-0.05, 0) is 48.4 Å². The summed E-state index contributed by atoms with van der Waals surface area (Å²) in [6.07, 6.45) is 1.68. The maximum Gasteiger partial charge on any atom is 0.242 e. The zero-order valence-electron chi connectivity index (χ0n) is 12.9. The Hall–Kier alpha value is -3.01. The Morgan fingerprint density at radius 1 is 0.913 bits per heavy atom. The molecule has 0 aliphatic carbocycles. The number of benzene rings is 2. The highest BCUT2D eigenvalue weighted by atomic mass is 16.5. The Labute approximate surface area is 135 Å². The topological polar surface area (TPSA) is 57.4 Å². The van der Waals surface area contributed by atoms with Crippen molar-refractivity contribution >= 4 is 5.69 Å². The summed E-state index contributed by atoms with van der Waals surface area (Å²) in [6.45, 7) is 2.46. The van der Waals surface area contributed by atoms with Crippen LogP contribution in [0.25, 0.3) is 0 Å². The molecule has 2 aromatic carbocycles. The Morgan fingerprint density at radius 3 is 2.35 bits per heavy atom. The smallest absolute Gasteiger partial charge is 0.242 e. The molecule has 4 heteroatoms. The van der Waals surface area contributed by atoms with Gasteiger partial charge in [0.05, 0.1) is 5.69 Å². The predicted molar refractivity (Wildman–Crippen MR) is 90.7 cm³/mol. The van der Waals surface area contributed by atoms with Crippen molar-refractivity contribution in [2.75, 3.05) is 5.73 Å². The number of anilines is 1. The van der Waals surface area contributed by atoms with Crippen molar-refractivity contribution < 1.29 is 9.47 Å². The molecule has 1 aromatic heterocycles. The molecule has 1 heterocycles. The second kappa shape index (κ2) is 6.83. The zero-order chi connectivity index (χ0) is 16.1. The number of hydrogen-bond acceptors (Lipinski definition) is 4. The summed E-state index contributed by atoms with van der Waals surface area (Å²) in [5, 5.41) is 0. The first-order valence-electron chi connectivity index (χ1n) is 7.38. The van der Waals surface area contributed by atoms with Crippen molar-refractivity contribution in [1.29, 1.82) is 0 Å². The van der Waals surface area contributed by atoms with Crippen LogP contribution in [0.2, 0.25) is 0 Å². The van der Waals surface area contributed by atoms with Crippen molar-refractivity contribution in [3.05, 3.63) is 78.0 Å². The fourth-order valence-corrected chi connectivity index (χ4v) is 2.08. The molecule has 0 aliphatic rings. The molecular weight excluding hydrogens is 288 g/mol. The zero-order valence-corrected chi connectivity index (χ0v) is 12.9. The number of aryl methyl sites for hydroxylation is 1. The number of pyridine rings is 1. The van der Waals surface area contributed by atoms with E-state index in [2.05, 4.69) is 4.98 Å². The van der Waals surface area contributed by atoms with E-state index in [9.17, 15) is 0 Å². The molecule has 3 aromatic rings. The molecule has 0 radical (unpaired) electrons. The molecule has 0 spiro atoms. The van der Waals surface area contributed by atoms with E-state index in [1.54, 1.807) is 6.20 Å². The van der Waals surface area contributed by atoms with E-state index in [4.69, 9.17) is 15.2 Å². The minimum atomic E-state index is 0.419. The van der Waals surface area contributed by atoms with Crippen LogP contribution in [0.15, 0.2) is 66.9 Å². The van der Waals surface area contributed by atoms with Gasteiger partial charge in [-0.2, -0.15) is 0 Å². The van der Waals surface area contributed by atoms with Crippen molar-refractivity contribution in [1.82, 2.24) is 4.98 Å². The summed E-state index contributed by atoms with van der Waals surface area (Å²) in [4.78, 5) is 4.15. The first-order valence-corrected chi connectivity index (χ1v) is 7.38. The van der Waals surface area contributed by atoms with Crippen LogP contribution in [0.3, 0.4) is 0 Å². The number of ether oxygens (including phenoxy) is 2. The largest absolute Gasteiger partial charge is 0.489 e. The average Bonchev–Trinajstić information content (AvgIpc) is 2.59. The van der Waals surface area contributed by atoms with Crippen LogP contribution in [-0.2, 0) is 6.61 Å². The first-order chi connectivity index (χ1) is 11.2. The lowest BCUT2D eigenvalue weighted by Crippen LogP contribution is -1.97. The molecule has 0 saturated heterocycles. The van der Waals surface area contributed by atoms with Crippen LogP contribution in [0.5, 0.6) is 17.4 Å². The fourth-order valence-electron chi connectivity index (χ4n) is 2.08. The van der Waals surface area contributed by atoms with Gasteiger partial charge in [0.25, 0.3) is 0 Å². The predicted octanol–water partition coefficient (Wildman–Crippen LogP) is 4.34. The van der Waals surface area contributed by atoms with Crippen LogP contribution in [0, 0.1) is 6.92 Å². The lowest BCUT2D eigenvalue weighted by molar-refractivity contribution is 0.305. The molecular formula is C19H18N2O2. The van der Waals surface area contributed by atoms with Crippen molar-refractivity contribution in [3.8, 4) is 17.4 Å². The number of aromatic nitrogens is 1. The lowest BCUT2D eigenvalue weighted by atomic mass is 10.2. The van der Waals surface area contributed by atoms with E-state index in [1.807, 2.05) is 67.6 Å². The van der Waals surface area contributed by atoms with Gasteiger partial charge in [0.15, 0.2) is 0 Å². The van der Waals surface area contributed by atoms with E-state index in [-0.39, 0.29) is 0 Å². The molecule has 0 bridgehead atoms. The van der Waals surface area contributed by atoms with Gasteiger partial charge in [0.2, 0.25) is 5.88 Å². The third kappa shape index (κ3) is 3.80. The number of hydrogen-bond donors (Lipinski definition) is 1. The summed E-state index contributed by atoms with van der Waals surface area (Å²) in [5.41, 5.74) is 8.58. The second-order valence-electron chi connectivity index (χ2n) is 5.19. The fraction of sp³-hybridized carbons (Fsp3) is 0.105. The van der Waals surface area contributed by atoms with Gasteiger partial charge in [-0.25, -0.2) is 4.98 Å². The number of nitrogens with zero attached hydrogens (tertiary/aromatic N) is 1. The van der Waals surface area contributed by atoms with Crippen LogP contribution in [0.4, 0.5) is 5.69 Å². The van der Waals surface area contributed by atoms with Crippen LogP contribution in [0.1, 0.15) is 11.1 Å². The summed E-state index contributed by atoms with van der Waals surface area (Å²) in [6, 6.07) is 19.3. The van der Waals surface area contributed by atoms with Crippen molar-refractivity contribution in [2.24, 2.45) is 0 Å². The van der Waals surface area contributed by atoms with Gasteiger partial charge in [-0.1, -0.05) is 30.3 Å². The standard InChI is InChI=1S/C19H18N2O2/c1-14-11-12-21-19(18(14)20)23-17-9-7-16(8-10-17)22-13-15-5-3-2-4-6-15/h2-12H,13,20H2,1H3. The van der Waals surface area contributed by atoms with E-state index in [0.29, 0.717) is 23.9 Å². The normalized spacial score (nSPS) is 10.3. The SMILES string of the molecule is Cc1ccnc(Oc2ccc(OCc3ccccc3)cc2)c1N. The van der Waals surface area contributed by atoms with Crippen molar-refractivity contribution in [3.63, 3.8) is 0 Å². The van der Waals surface area contributed by atoms with Gasteiger partial charge in [-0.3, -0.25) is 0 Å². The Morgan fingerprint density at radius 2 is 1.61 bits per heavy atom. The molecule has 23 heavy (non-hydrogen) atoms. The number of nitrogen functional groups attached to an aromatic ring is 1. The van der Waals surface area contributed by atoms with E-state index >= 15 is 0 Å². The molecule has 4 nitrogen and oxygen atoms in total. The highest BCUT2D eigenvalue weighted by molar-refractivity contribution is 5.55. The molecule has 2 N–H and O–H groups in total. The summed E-state index contributed by atoms with van der Waals surface area (Å²) in [5.74, 6) is 1.87. The number of rotatable bonds is 5. The molecule has 0 fully saturated rings. The molecule has 116 valence electrons. The molecule has 3 rings (SSSR count). The maximum atomic E-state index is 5.96. The Kier molecular flexibility index (Phi) is 4.43. The Balaban J connectivity index is 1.64. The van der Waals surface area contributed by atoms with E-state index in [0.717, 1.165) is 16.9 Å². The third-order valence-electron chi connectivity index (χ3n) is 3.46. The van der Waals surface area contributed by atoms with Gasteiger partial charge in [0, 0.05) is 6.20 Å². The quantitative estimate of drug-likeness (QED) is 0.761. The van der Waals surface area contributed by atoms with Gasteiger partial charge in [0.1, 0.15) is 18.1 Å². The first kappa shape index (κ1) is 14.9. The van der Waals surface area contributed by atoms with Crippen LogP contribution >= 0.6 is 0 Å². The van der Waals surface area contributed by atoms with Crippen molar-refractivity contribution in [2.45, 2.75) is 13.5 Å². The molecule has 0 saturated carbocycles. The van der Waals surface area contributed by atoms with E-state index < -0.39 is 0 Å². The summed E-state index contributed by atoms with van der Waals surface area (Å²) in [7, 11) is 0. The summed E-state index contributed by atoms with van der Waals surface area (Å²) < 4.78 is 11.5. The van der Waals surface area contributed by atoms with Gasteiger partial charge >= 0.3 is 0 Å². The summed E-state index contributed by atoms with van der Waals surface area (Å²) >= 11 is 0. The second-order valence-corrected chi connectivity index (χ2v) is 5.19. The highest BCUT2D eigenvalue weighted by Gasteiger charge is 2.06. The molecule has 0 aliphatic heterocycles. The van der Waals surface area contributed by atoms with Crippen LogP contribution in [-0.4, -0.2) is 4.98 Å². The molecule has 0 atom stereocenters. The average molecular weight is 306 g/mol. The van der Waals surface area contributed by atoms with Gasteiger partial charge in [-0.15, -0.1) is 0 Å². The Bertz CT molecular complexity index is 771. The molecule has 0 unspecified atom stereocenters. The number of nitrogens with two attached hydrogens (primary N) is 1. The monoisotopic (exact) mass is 306 g/mol. The third-order valence-corrected chi connectivity index (χ3v) is 3.46. The lowest BCUT2D eigenvalue weighted by Gasteiger charge is -2.10. The minimum absolute atomic E-state index is 0.419. The van der Waals surface area contributed by atoms with E-state index in [1.165, 1.54) is 0 Å². The highest BCUT2D eigenvalue weighted by Crippen LogP contribution is 2.28.